The van der Waals surface area contributed by atoms with Crippen LogP contribution in [0, 0.1) is 13.8 Å². The Labute approximate surface area is 169 Å². The second-order valence-electron chi connectivity index (χ2n) is 7.19. The highest BCUT2D eigenvalue weighted by molar-refractivity contribution is 5.90. The third kappa shape index (κ3) is 3.68. The predicted molar refractivity (Wildman–Crippen MR) is 110 cm³/mol. The van der Waals surface area contributed by atoms with Gasteiger partial charge in [0.15, 0.2) is 0 Å². The van der Waals surface area contributed by atoms with Crippen molar-refractivity contribution in [2.75, 3.05) is 19.0 Å². The number of aryl methyl sites for hydroxylation is 1. The minimum atomic E-state index is -0.240. The summed E-state index contributed by atoms with van der Waals surface area (Å²) in [6.07, 6.45) is 1.67. The van der Waals surface area contributed by atoms with Crippen LogP contribution in [0.5, 0.6) is 5.75 Å². The summed E-state index contributed by atoms with van der Waals surface area (Å²) in [5.74, 6) is 1.58. The van der Waals surface area contributed by atoms with Crippen molar-refractivity contribution in [1.29, 1.82) is 0 Å². The number of methoxy groups -OCH3 is 1. The first-order valence-electron chi connectivity index (χ1n) is 9.69. The highest BCUT2D eigenvalue weighted by Gasteiger charge is 2.34. The fourth-order valence-electron chi connectivity index (χ4n) is 3.65. The molecule has 0 bridgehead atoms. The van der Waals surface area contributed by atoms with Crippen molar-refractivity contribution in [1.82, 2.24) is 15.0 Å². The monoisotopic (exact) mass is 392 g/mol. The normalized spacial score (nSPS) is 16.1. The van der Waals surface area contributed by atoms with Crippen LogP contribution in [-0.4, -0.2) is 34.7 Å². The van der Waals surface area contributed by atoms with Gasteiger partial charge in [0.05, 0.1) is 12.7 Å². The minimum Gasteiger partial charge on any atom is -0.496 e. The number of rotatable bonds is 4. The van der Waals surface area contributed by atoms with Crippen LogP contribution in [-0.2, 0) is 0 Å². The number of carbonyl (C=O) groups excluding carboxylic acids is 1. The summed E-state index contributed by atoms with van der Waals surface area (Å²) in [6.45, 7) is 4.68. The average molecular weight is 392 g/mol. The van der Waals surface area contributed by atoms with E-state index in [4.69, 9.17) is 9.26 Å². The Bertz CT molecular complexity index is 1030. The van der Waals surface area contributed by atoms with E-state index in [1.165, 1.54) is 0 Å². The molecule has 3 aromatic rings. The van der Waals surface area contributed by atoms with Crippen LogP contribution >= 0.6 is 0 Å². The van der Waals surface area contributed by atoms with Crippen LogP contribution in [0.15, 0.2) is 47.0 Å². The smallest absolute Gasteiger partial charge is 0.322 e. The molecule has 0 radical (unpaired) electrons. The Kier molecular flexibility index (Phi) is 5.20. The van der Waals surface area contributed by atoms with Gasteiger partial charge < -0.3 is 19.5 Å². The zero-order chi connectivity index (χ0) is 20.4. The summed E-state index contributed by atoms with van der Waals surface area (Å²) in [6, 6.07) is 13.0. The first kappa shape index (κ1) is 19.0. The first-order valence-corrected chi connectivity index (χ1v) is 9.69. The number of carbonyl (C=O) groups is 1. The number of hydrogen-bond acceptors (Lipinski definition) is 5. The second kappa shape index (κ2) is 7.95. The molecule has 1 atom stereocenters. The molecule has 0 aliphatic carbocycles. The summed E-state index contributed by atoms with van der Waals surface area (Å²) in [5.41, 5.74) is 3.78. The molecule has 2 amide bonds. The Morgan fingerprint density at radius 1 is 1.21 bits per heavy atom. The molecule has 2 heterocycles. The number of aromatic nitrogens is 2. The van der Waals surface area contributed by atoms with Gasteiger partial charge in [0, 0.05) is 12.2 Å². The Morgan fingerprint density at radius 2 is 2.03 bits per heavy atom. The van der Waals surface area contributed by atoms with Crippen LogP contribution in [0.3, 0.4) is 0 Å². The lowest BCUT2D eigenvalue weighted by molar-refractivity contribution is 0.193. The number of hydrogen-bond donors (Lipinski definition) is 1. The number of anilines is 1. The molecule has 1 aromatic heterocycles. The van der Waals surface area contributed by atoms with Gasteiger partial charge in [-0.3, -0.25) is 0 Å². The van der Waals surface area contributed by atoms with Gasteiger partial charge in [-0.25, -0.2) is 4.79 Å². The molecule has 0 saturated carbocycles. The van der Waals surface area contributed by atoms with Crippen molar-refractivity contribution < 1.29 is 14.1 Å². The van der Waals surface area contributed by atoms with Crippen LogP contribution in [0.4, 0.5) is 10.5 Å². The highest BCUT2D eigenvalue weighted by atomic mass is 16.5. The lowest BCUT2D eigenvalue weighted by Crippen LogP contribution is -2.34. The number of urea groups is 1. The zero-order valence-electron chi connectivity index (χ0n) is 16.8. The number of nitrogens with one attached hydrogen (secondary N) is 1. The summed E-state index contributed by atoms with van der Waals surface area (Å²) in [4.78, 5) is 19.3. The number of benzene rings is 2. The lowest BCUT2D eigenvalue weighted by Gasteiger charge is -2.23. The van der Waals surface area contributed by atoms with Crippen molar-refractivity contribution in [3.05, 3.63) is 59.5 Å². The average Bonchev–Trinajstić information content (AvgIpc) is 3.40. The molecule has 7 nitrogen and oxygen atoms in total. The molecule has 150 valence electrons. The molecule has 2 aromatic carbocycles. The molecular weight excluding hydrogens is 368 g/mol. The fourth-order valence-corrected chi connectivity index (χ4v) is 3.65. The van der Waals surface area contributed by atoms with Gasteiger partial charge in [-0.2, -0.15) is 4.98 Å². The third-order valence-corrected chi connectivity index (χ3v) is 5.43. The van der Waals surface area contributed by atoms with Crippen molar-refractivity contribution in [2.45, 2.75) is 32.7 Å². The van der Waals surface area contributed by atoms with Gasteiger partial charge >= 0.3 is 6.03 Å². The molecule has 1 N–H and O–H groups in total. The van der Waals surface area contributed by atoms with E-state index in [1.54, 1.807) is 12.0 Å². The second-order valence-corrected chi connectivity index (χ2v) is 7.19. The van der Waals surface area contributed by atoms with E-state index < -0.39 is 0 Å². The maximum absolute atomic E-state index is 12.9. The standard InChI is InChI=1S/C22H24N4O3/c1-14-8-6-10-17(15(14)2)23-22(27)26-13-7-11-18(26)21-24-20(25-29-21)16-9-4-5-12-19(16)28-3/h4-6,8-10,12,18H,7,11,13H2,1-3H3,(H,23,27)/t18-/m0/s1. The molecule has 0 unspecified atom stereocenters. The molecule has 29 heavy (non-hydrogen) atoms. The Balaban J connectivity index is 1.55. The van der Waals surface area contributed by atoms with E-state index >= 15 is 0 Å². The van der Waals surface area contributed by atoms with E-state index in [9.17, 15) is 4.79 Å². The van der Waals surface area contributed by atoms with Gasteiger partial charge in [-0.15, -0.1) is 0 Å². The minimum absolute atomic E-state index is 0.154. The number of para-hydroxylation sites is 1. The number of likely N-dealkylation sites (tertiary alicyclic amines) is 1. The molecule has 4 rings (SSSR count). The van der Waals surface area contributed by atoms with Gasteiger partial charge in [-0.1, -0.05) is 29.4 Å². The maximum atomic E-state index is 12.9. The molecule has 7 heteroatoms. The summed E-state index contributed by atoms with van der Waals surface area (Å²) in [7, 11) is 1.61. The van der Waals surface area contributed by atoms with E-state index in [0.29, 0.717) is 24.0 Å². The van der Waals surface area contributed by atoms with Crippen molar-refractivity contribution >= 4 is 11.7 Å². The predicted octanol–water partition coefficient (Wildman–Crippen LogP) is 4.73. The Morgan fingerprint density at radius 3 is 2.86 bits per heavy atom. The quantitative estimate of drug-likeness (QED) is 0.694. The first-order chi connectivity index (χ1) is 14.1. The van der Waals surface area contributed by atoms with Crippen LogP contribution < -0.4 is 10.1 Å². The van der Waals surface area contributed by atoms with Crippen molar-refractivity contribution in [3.63, 3.8) is 0 Å². The van der Waals surface area contributed by atoms with E-state index in [2.05, 4.69) is 15.5 Å². The van der Waals surface area contributed by atoms with Gasteiger partial charge in [0.1, 0.15) is 11.8 Å². The van der Waals surface area contributed by atoms with E-state index in [-0.39, 0.29) is 12.1 Å². The zero-order valence-corrected chi connectivity index (χ0v) is 16.8. The van der Waals surface area contributed by atoms with Crippen molar-refractivity contribution in [3.8, 4) is 17.1 Å². The number of nitrogens with zero attached hydrogens (tertiary/aromatic N) is 3. The third-order valence-electron chi connectivity index (χ3n) is 5.43. The maximum Gasteiger partial charge on any atom is 0.322 e. The number of ether oxygens (including phenoxy) is 1. The molecule has 1 fully saturated rings. The van der Waals surface area contributed by atoms with E-state index in [0.717, 1.165) is 35.2 Å². The SMILES string of the molecule is COc1ccccc1-c1noc([C@@H]2CCCN2C(=O)Nc2cccc(C)c2C)n1. The van der Waals surface area contributed by atoms with Crippen LogP contribution in [0.2, 0.25) is 0 Å². The summed E-state index contributed by atoms with van der Waals surface area (Å²) >= 11 is 0. The lowest BCUT2D eigenvalue weighted by atomic mass is 10.1. The highest BCUT2D eigenvalue weighted by Crippen LogP contribution is 2.34. The molecule has 1 saturated heterocycles. The topological polar surface area (TPSA) is 80.5 Å². The molecular formula is C22H24N4O3. The molecule has 0 spiro atoms. The van der Waals surface area contributed by atoms with Gasteiger partial charge in [0.2, 0.25) is 11.7 Å². The van der Waals surface area contributed by atoms with Crippen LogP contribution in [0.1, 0.15) is 35.9 Å². The largest absolute Gasteiger partial charge is 0.496 e. The van der Waals surface area contributed by atoms with Crippen molar-refractivity contribution in [2.24, 2.45) is 0 Å². The van der Waals surface area contributed by atoms with Crippen LogP contribution in [0.25, 0.3) is 11.4 Å². The number of amides is 2. The summed E-state index contributed by atoms with van der Waals surface area (Å²) in [5, 5.41) is 7.15. The fraction of sp³-hybridized carbons (Fsp3) is 0.318. The molecule has 1 aliphatic rings. The molecule has 1 aliphatic heterocycles. The summed E-state index contributed by atoms with van der Waals surface area (Å²) < 4.78 is 10.9. The van der Waals surface area contributed by atoms with Gasteiger partial charge in [-0.05, 0) is 56.0 Å². The van der Waals surface area contributed by atoms with Gasteiger partial charge in [0.25, 0.3) is 0 Å². The Hall–Kier alpha value is -3.35. The van der Waals surface area contributed by atoms with E-state index in [1.807, 2.05) is 56.3 Å².